The number of halogens is 1. The molecule has 126 valence electrons. The predicted octanol–water partition coefficient (Wildman–Crippen LogP) is 2.48. The molecule has 2 fully saturated rings. The van der Waals surface area contributed by atoms with Gasteiger partial charge in [-0.15, -0.1) is 0 Å². The zero-order chi connectivity index (χ0) is 16.4. The first-order chi connectivity index (χ1) is 11.1. The van der Waals surface area contributed by atoms with E-state index in [1.54, 1.807) is 23.9 Å². The van der Waals surface area contributed by atoms with Crippen molar-refractivity contribution in [2.45, 2.75) is 38.6 Å². The van der Waals surface area contributed by atoms with Crippen LogP contribution in [0.25, 0.3) is 6.08 Å². The van der Waals surface area contributed by atoms with E-state index in [4.69, 9.17) is 11.6 Å². The highest BCUT2D eigenvalue weighted by Gasteiger charge is 2.29. The highest BCUT2D eigenvalue weighted by Crippen LogP contribution is 2.23. The SMILES string of the molecule is Cc1nn(C)c(Cl)c1/C=C/C(=O)N1CCCC1CN1CCCC1. The fraction of sp³-hybridized carbons (Fsp3) is 0.647. The minimum Gasteiger partial charge on any atom is -0.335 e. The van der Waals surface area contributed by atoms with Gasteiger partial charge in [-0.25, -0.2) is 0 Å². The van der Waals surface area contributed by atoms with Crippen molar-refractivity contribution in [2.24, 2.45) is 7.05 Å². The van der Waals surface area contributed by atoms with E-state index in [1.165, 1.54) is 25.9 Å². The Morgan fingerprint density at radius 2 is 2.04 bits per heavy atom. The first-order valence-electron chi connectivity index (χ1n) is 8.46. The lowest BCUT2D eigenvalue weighted by Gasteiger charge is -2.27. The van der Waals surface area contributed by atoms with Crippen LogP contribution < -0.4 is 0 Å². The molecule has 3 heterocycles. The first-order valence-corrected chi connectivity index (χ1v) is 8.84. The lowest BCUT2D eigenvalue weighted by atomic mass is 10.2. The van der Waals surface area contributed by atoms with Crippen LogP contribution in [0, 0.1) is 6.92 Å². The minimum atomic E-state index is 0.0889. The number of hydrogen-bond donors (Lipinski definition) is 0. The Morgan fingerprint density at radius 1 is 1.30 bits per heavy atom. The van der Waals surface area contributed by atoms with Gasteiger partial charge in [-0.3, -0.25) is 9.48 Å². The van der Waals surface area contributed by atoms with Crippen LogP contribution in [-0.2, 0) is 11.8 Å². The first kappa shape index (κ1) is 16.5. The molecule has 1 amide bonds. The Bertz CT molecular complexity index is 604. The third-order valence-corrected chi connectivity index (χ3v) is 5.36. The standard InChI is InChI=1S/C17H25ClN4O/c1-13-15(17(18)20(2)19-13)7-8-16(23)22-11-5-6-14(22)12-21-9-3-4-10-21/h7-8,14H,3-6,9-12H2,1-2H3/b8-7+. The maximum Gasteiger partial charge on any atom is 0.246 e. The molecule has 23 heavy (non-hydrogen) atoms. The van der Waals surface area contributed by atoms with E-state index >= 15 is 0 Å². The number of likely N-dealkylation sites (tertiary alicyclic amines) is 2. The summed E-state index contributed by atoms with van der Waals surface area (Å²) >= 11 is 6.22. The molecule has 1 aromatic rings. The molecule has 2 saturated heterocycles. The van der Waals surface area contributed by atoms with Crippen LogP contribution in [0.5, 0.6) is 0 Å². The highest BCUT2D eigenvalue weighted by molar-refractivity contribution is 6.31. The highest BCUT2D eigenvalue weighted by atomic mass is 35.5. The second-order valence-corrected chi connectivity index (χ2v) is 6.94. The van der Waals surface area contributed by atoms with E-state index in [9.17, 15) is 4.79 Å². The predicted molar refractivity (Wildman–Crippen MR) is 92.4 cm³/mol. The molecule has 1 unspecified atom stereocenters. The lowest BCUT2D eigenvalue weighted by Crippen LogP contribution is -2.41. The quantitative estimate of drug-likeness (QED) is 0.793. The topological polar surface area (TPSA) is 41.4 Å². The molecular formula is C17H25ClN4O. The summed E-state index contributed by atoms with van der Waals surface area (Å²) < 4.78 is 1.63. The Morgan fingerprint density at radius 3 is 2.70 bits per heavy atom. The van der Waals surface area contributed by atoms with Gasteiger partial charge in [0.25, 0.3) is 0 Å². The number of carbonyl (C=O) groups is 1. The van der Waals surface area contributed by atoms with Gasteiger partial charge in [0, 0.05) is 37.8 Å². The number of nitrogens with zero attached hydrogens (tertiary/aromatic N) is 4. The van der Waals surface area contributed by atoms with Crippen LogP contribution in [0.1, 0.15) is 36.9 Å². The van der Waals surface area contributed by atoms with Crippen molar-refractivity contribution in [3.63, 3.8) is 0 Å². The van der Waals surface area contributed by atoms with E-state index in [0.717, 1.165) is 37.2 Å². The number of aryl methyl sites for hydroxylation is 2. The van der Waals surface area contributed by atoms with Gasteiger partial charge >= 0.3 is 0 Å². The number of rotatable bonds is 4. The van der Waals surface area contributed by atoms with E-state index < -0.39 is 0 Å². The minimum absolute atomic E-state index is 0.0889. The van der Waals surface area contributed by atoms with Crippen LogP contribution in [0.2, 0.25) is 5.15 Å². The fourth-order valence-corrected chi connectivity index (χ4v) is 3.90. The van der Waals surface area contributed by atoms with Crippen molar-refractivity contribution in [1.82, 2.24) is 19.6 Å². The molecule has 0 bridgehead atoms. The summed E-state index contributed by atoms with van der Waals surface area (Å²) in [6.45, 7) is 6.15. The van der Waals surface area contributed by atoms with Crippen molar-refractivity contribution in [3.05, 3.63) is 22.5 Å². The zero-order valence-corrected chi connectivity index (χ0v) is 14.7. The van der Waals surface area contributed by atoms with Gasteiger partial charge in [-0.2, -0.15) is 5.10 Å². The molecular weight excluding hydrogens is 312 g/mol. The Hall–Kier alpha value is -1.33. The monoisotopic (exact) mass is 336 g/mol. The van der Waals surface area contributed by atoms with Crippen molar-refractivity contribution in [3.8, 4) is 0 Å². The van der Waals surface area contributed by atoms with E-state index in [-0.39, 0.29) is 5.91 Å². The van der Waals surface area contributed by atoms with Gasteiger partial charge in [0.05, 0.1) is 5.69 Å². The third kappa shape index (κ3) is 3.61. The van der Waals surface area contributed by atoms with Crippen LogP contribution in [0.15, 0.2) is 6.08 Å². The van der Waals surface area contributed by atoms with Crippen LogP contribution >= 0.6 is 11.6 Å². The molecule has 6 heteroatoms. The fourth-order valence-electron chi connectivity index (χ4n) is 3.66. The molecule has 1 aromatic heterocycles. The second-order valence-electron chi connectivity index (χ2n) is 6.58. The van der Waals surface area contributed by atoms with Crippen LogP contribution in [-0.4, -0.2) is 57.7 Å². The summed E-state index contributed by atoms with van der Waals surface area (Å²) in [6.07, 6.45) is 8.25. The van der Waals surface area contributed by atoms with Gasteiger partial charge in [0.1, 0.15) is 5.15 Å². The summed E-state index contributed by atoms with van der Waals surface area (Å²) in [5, 5.41) is 4.84. The number of hydrogen-bond acceptors (Lipinski definition) is 3. The number of carbonyl (C=O) groups excluding carboxylic acids is 1. The molecule has 3 rings (SSSR count). The largest absolute Gasteiger partial charge is 0.335 e. The molecule has 0 aliphatic carbocycles. The molecule has 2 aliphatic heterocycles. The number of aromatic nitrogens is 2. The third-order valence-electron chi connectivity index (χ3n) is 4.92. The smallest absolute Gasteiger partial charge is 0.246 e. The van der Waals surface area contributed by atoms with Crippen LogP contribution in [0.3, 0.4) is 0 Å². The molecule has 0 radical (unpaired) electrons. The van der Waals surface area contributed by atoms with Crippen LogP contribution in [0.4, 0.5) is 0 Å². The van der Waals surface area contributed by atoms with Gasteiger partial charge in [0.2, 0.25) is 5.91 Å². The summed E-state index contributed by atoms with van der Waals surface area (Å²) in [4.78, 5) is 17.1. The summed E-state index contributed by atoms with van der Waals surface area (Å²) in [5.41, 5.74) is 1.68. The van der Waals surface area contributed by atoms with E-state index in [2.05, 4.69) is 10.00 Å². The van der Waals surface area contributed by atoms with Gasteiger partial charge < -0.3 is 9.80 Å². The average Bonchev–Trinajstić information content (AvgIpc) is 3.22. The Balaban J connectivity index is 1.65. The summed E-state index contributed by atoms with van der Waals surface area (Å²) in [7, 11) is 1.81. The molecule has 0 saturated carbocycles. The molecule has 1 atom stereocenters. The summed E-state index contributed by atoms with van der Waals surface area (Å²) in [5.74, 6) is 0.0889. The van der Waals surface area contributed by atoms with Crippen molar-refractivity contribution in [2.75, 3.05) is 26.2 Å². The average molecular weight is 337 g/mol. The molecule has 2 aliphatic rings. The molecule has 0 aromatic carbocycles. The Labute approximate surface area is 142 Å². The normalized spacial score (nSPS) is 22.6. The number of amides is 1. The zero-order valence-electron chi connectivity index (χ0n) is 14.0. The van der Waals surface area contributed by atoms with Gasteiger partial charge in [-0.05, 0) is 51.8 Å². The maximum atomic E-state index is 12.6. The summed E-state index contributed by atoms with van der Waals surface area (Å²) in [6, 6.07) is 0.357. The molecule has 0 spiro atoms. The van der Waals surface area contributed by atoms with Crippen molar-refractivity contribution < 1.29 is 4.79 Å². The second kappa shape index (κ2) is 7.05. The van der Waals surface area contributed by atoms with Gasteiger partial charge in [0.15, 0.2) is 0 Å². The molecule has 5 nitrogen and oxygen atoms in total. The molecule has 0 N–H and O–H groups in total. The maximum absolute atomic E-state index is 12.6. The Kier molecular flexibility index (Phi) is 5.07. The van der Waals surface area contributed by atoms with E-state index in [1.807, 2.05) is 11.8 Å². The van der Waals surface area contributed by atoms with Crippen molar-refractivity contribution in [1.29, 1.82) is 0 Å². The van der Waals surface area contributed by atoms with Gasteiger partial charge in [-0.1, -0.05) is 11.6 Å². The lowest BCUT2D eigenvalue weighted by molar-refractivity contribution is -0.127. The van der Waals surface area contributed by atoms with E-state index in [0.29, 0.717) is 11.2 Å². The van der Waals surface area contributed by atoms with Crippen molar-refractivity contribution >= 4 is 23.6 Å².